The highest BCUT2D eigenvalue weighted by Gasteiger charge is 2.13. The third-order valence-corrected chi connectivity index (χ3v) is 2.50. The molecule has 4 N–H and O–H groups in total. The zero-order chi connectivity index (χ0) is 13.3. The number of aromatic amines is 3. The second kappa shape index (κ2) is 4.47. The maximum Gasteiger partial charge on any atom is 0.327 e. The number of carboxylic acid groups (broad SMARTS) is 1. The van der Waals surface area contributed by atoms with Gasteiger partial charge in [0.2, 0.25) is 0 Å². The van der Waals surface area contributed by atoms with Crippen LogP contribution in [0.15, 0.2) is 9.59 Å². The van der Waals surface area contributed by atoms with E-state index in [1.807, 2.05) is 0 Å². The Balaban J connectivity index is 2.31. The molecule has 2 aromatic rings. The predicted molar refractivity (Wildman–Crippen MR) is 62.5 cm³/mol. The molecule has 8 nitrogen and oxygen atoms in total. The normalized spacial score (nSPS) is 12.7. The van der Waals surface area contributed by atoms with Gasteiger partial charge >= 0.3 is 11.7 Å². The average Bonchev–Trinajstić information content (AvgIpc) is 2.58. The van der Waals surface area contributed by atoms with Crippen LogP contribution in [0.1, 0.15) is 19.2 Å². The molecule has 96 valence electrons. The summed E-state index contributed by atoms with van der Waals surface area (Å²) >= 11 is 0. The first kappa shape index (κ1) is 12.1. The van der Waals surface area contributed by atoms with Crippen molar-refractivity contribution in [2.24, 2.45) is 5.92 Å². The molecule has 0 saturated heterocycles. The van der Waals surface area contributed by atoms with Crippen molar-refractivity contribution in [1.82, 2.24) is 19.9 Å². The van der Waals surface area contributed by atoms with Crippen molar-refractivity contribution >= 4 is 17.1 Å². The standard InChI is InChI=1S/C10H12N4O4/c1-4(3-6(15)16)2-5-11-7-8(12-5)13-10(18)14-9(7)17/h4H,2-3H2,1H3,(H,15,16)(H3,11,12,13,14,17,18). The van der Waals surface area contributed by atoms with Gasteiger partial charge in [0.05, 0.1) is 0 Å². The highest BCUT2D eigenvalue weighted by molar-refractivity contribution is 5.69. The molecule has 0 bridgehead atoms. The van der Waals surface area contributed by atoms with Gasteiger partial charge in [-0.05, 0) is 5.92 Å². The Morgan fingerprint density at radius 2 is 2.06 bits per heavy atom. The van der Waals surface area contributed by atoms with Crippen LogP contribution in [0.3, 0.4) is 0 Å². The van der Waals surface area contributed by atoms with Gasteiger partial charge in [0.25, 0.3) is 5.56 Å². The molecule has 8 heteroatoms. The topological polar surface area (TPSA) is 132 Å². The molecule has 0 amide bonds. The third kappa shape index (κ3) is 2.47. The van der Waals surface area contributed by atoms with E-state index in [2.05, 4.69) is 19.9 Å². The molecular formula is C10H12N4O4. The quantitative estimate of drug-likeness (QED) is 0.587. The molecule has 1 unspecified atom stereocenters. The van der Waals surface area contributed by atoms with Crippen LogP contribution in [0.5, 0.6) is 0 Å². The number of rotatable bonds is 4. The minimum Gasteiger partial charge on any atom is -0.481 e. The zero-order valence-electron chi connectivity index (χ0n) is 9.61. The fourth-order valence-electron chi connectivity index (χ4n) is 1.78. The minimum atomic E-state index is -0.884. The predicted octanol–water partition coefficient (Wildman–Crippen LogP) is -0.407. The summed E-state index contributed by atoms with van der Waals surface area (Å²) in [4.78, 5) is 44.3. The van der Waals surface area contributed by atoms with Crippen LogP contribution in [0.2, 0.25) is 0 Å². The molecule has 0 aliphatic rings. The van der Waals surface area contributed by atoms with Gasteiger partial charge in [-0.15, -0.1) is 0 Å². The Bertz CT molecular complexity index is 696. The average molecular weight is 252 g/mol. The van der Waals surface area contributed by atoms with E-state index in [1.54, 1.807) is 6.92 Å². The molecule has 0 saturated carbocycles. The molecule has 1 atom stereocenters. The van der Waals surface area contributed by atoms with E-state index in [9.17, 15) is 14.4 Å². The van der Waals surface area contributed by atoms with Crippen molar-refractivity contribution in [1.29, 1.82) is 0 Å². The largest absolute Gasteiger partial charge is 0.481 e. The Labute approximate surface area is 100 Å². The van der Waals surface area contributed by atoms with E-state index in [-0.39, 0.29) is 23.5 Å². The van der Waals surface area contributed by atoms with E-state index < -0.39 is 17.2 Å². The maximum atomic E-state index is 11.4. The molecule has 18 heavy (non-hydrogen) atoms. The number of carbonyl (C=O) groups is 1. The van der Waals surface area contributed by atoms with Gasteiger partial charge in [0.1, 0.15) is 11.3 Å². The monoisotopic (exact) mass is 252 g/mol. The zero-order valence-corrected chi connectivity index (χ0v) is 9.61. The van der Waals surface area contributed by atoms with Gasteiger partial charge in [0.15, 0.2) is 5.65 Å². The van der Waals surface area contributed by atoms with Crippen LogP contribution in [0.25, 0.3) is 11.2 Å². The van der Waals surface area contributed by atoms with Crippen LogP contribution >= 0.6 is 0 Å². The number of carboxylic acids is 1. The van der Waals surface area contributed by atoms with Gasteiger partial charge in [-0.2, -0.15) is 0 Å². The molecule has 2 heterocycles. The number of hydrogen-bond acceptors (Lipinski definition) is 4. The van der Waals surface area contributed by atoms with Crippen molar-refractivity contribution in [3.05, 3.63) is 26.7 Å². The van der Waals surface area contributed by atoms with Gasteiger partial charge < -0.3 is 10.1 Å². The molecule has 0 spiro atoms. The Hall–Kier alpha value is -2.38. The Morgan fingerprint density at radius 3 is 2.72 bits per heavy atom. The highest BCUT2D eigenvalue weighted by atomic mass is 16.4. The summed E-state index contributed by atoms with van der Waals surface area (Å²) in [5.74, 6) is -0.523. The van der Waals surface area contributed by atoms with E-state index >= 15 is 0 Å². The molecular weight excluding hydrogens is 240 g/mol. The first-order chi connectivity index (χ1) is 8.45. The second-order valence-electron chi connectivity index (χ2n) is 4.22. The summed E-state index contributed by atoms with van der Waals surface area (Å²) < 4.78 is 0. The Morgan fingerprint density at radius 1 is 1.33 bits per heavy atom. The van der Waals surface area contributed by atoms with E-state index in [1.165, 1.54) is 0 Å². The molecule has 0 fully saturated rings. The summed E-state index contributed by atoms with van der Waals surface area (Å²) in [6, 6.07) is 0. The summed E-state index contributed by atoms with van der Waals surface area (Å²) in [6.07, 6.45) is 0.409. The number of H-pyrrole nitrogens is 3. The van der Waals surface area contributed by atoms with Crippen molar-refractivity contribution in [2.45, 2.75) is 19.8 Å². The van der Waals surface area contributed by atoms with Crippen LogP contribution < -0.4 is 11.2 Å². The molecule has 0 aliphatic carbocycles. The maximum absolute atomic E-state index is 11.4. The van der Waals surface area contributed by atoms with Crippen LogP contribution in [-0.2, 0) is 11.2 Å². The summed E-state index contributed by atoms with van der Waals surface area (Å²) in [5.41, 5.74) is -0.795. The summed E-state index contributed by atoms with van der Waals surface area (Å²) in [6.45, 7) is 1.77. The molecule has 2 rings (SSSR count). The number of nitrogens with one attached hydrogen (secondary N) is 3. The van der Waals surface area contributed by atoms with Gasteiger partial charge in [-0.25, -0.2) is 9.78 Å². The summed E-state index contributed by atoms with van der Waals surface area (Å²) in [7, 11) is 0. The van der Waals surface area contributed by atoms with Crippen molar-refractivity contribution in [2.75, 3.05) is 0 Å². The lowest BCUT2D eigenvalue weighted by Crippen LogP contribution is -2.21. The van der Waals surface area contributed by atoms with Crippen LogP contribution in [0.4, 0.5) is 0 Å². The SMILES string of the molecule is CC(CC(=O)O)Cc1nc2[nH]c(=O)[nH]c(=O)c2[nH]1. The molecule has 2 aromatic heterocycles. The number of nitrogens with zero attached hydrogens (tertiary/aromatic N) is 1. The van der Waals surface area contributed by atoms with Gasteiger partial charge in [0, 0.05) is 12.8 Å². The molecule has 0 aromatic carbocycles. The Kier molecular flexibility index (Phi) is 3.00. The number of imidazole rings is 1. The molecule has 0 aliphatic heterocycles. The number of aliphatic carboxylic acids is 1. The van der Waals surface area contributed by atoms with Gasteiger partial charge in [-0.1, -0.05) is 6.92 Å². The number of aromatic nitrogens is 4. The second-order valence-corrected chi connectivity index (χ2v) is 4.22. The van der Waals surface area contributed by atoms with E-state index in [0.29, 0.717) is 12.2 Å². The smallest absolute Gasteiger partial charge is 0.327 e. The number of hydrogen-bond donors (Lipinski definition) is 4. The first-order valence-corrected chi connectivity index (χ1v) is 5.38. The molecule has 0 radical (unpaired) electrons. The van der Waals surface area contributed by atoms with Crippen molar-refractivity contribution in [3.63, 3.8) is 0 Å². The van der Waals surface area contributed by atoms with Gasteiger partial charge in [-0.3, -0.25) is 19.6 Å². The first-order valence-electron chi connectivity index (χ1n) is 5.38. The van der Waals surface area contributed by atoms with Crippen molar-refractivity contribution < 1.29 is 9.90 Å². The number of fused-ring (bicyclic) bond motifs is 1. The minimum absolute atomic E-state index is 0.0178. The summed E-state index contributed by atoms with van der Waals surface area (Å²) in [5, 5.41) is 8.65. The van der Waals surface area contributed by atoms with Crippen LogP contribution in [0, 0.1) is 5.92 Å². The highest BCUT2D eigenvalue weighted by Crippen LogP contribution is 2.10. The van der Waals surface area contributed by atoms with E-state index in [4.69, 9.17) is 5.11 Å². The lowest BCUT2D eigenvalue weighted by molar-refractivity contribution is -0.137. The lowest BCUT2D eigenvalue weighted by atomic mass is 10.0. The fraction of sp³-hybridized carbons (Fsp3) is 0.400. The lowest BCUT2D eigenvalue weighted by Gasteiger charge is -2.04. The van der Waals surface area contributed by atoms with Crippen LogP contribution in [-0.4, -0.2) is 31.0 Å². The van der Waals surface area contributed by atoms with E-state index in [0.717, 1.165) is 0 Å². The van der Waals surface area contributed by atoms with Crippen molar-refractivity contribution in [3.8, 4) is 0 Å². The fourth-order valence-corrected chi connectivity index (χ4v) is 1.78. The third-order valence-electron chi connectivity index (χ3n) is 2.50.